The van der Waals surface area contributed by atoms with E-state index in [9.17, 15) is 0 Å². The Balaban J connectivity index is 0.00000162. The molecule has 0 amide bonds. The van der Waals surface area contributed by atoms with Crippen molar-refractivity contribution in [3.8, 4) is 11.5 Å². The van der Waals surface area contributed by atoms with Gasteiger partial charge in [-0.3, -0.25) is 4.90 Å². The summed E-state index contributed by atoms with van der Waals surface area (Å²) in [6.45, 7) is 5.58. The molecule has 1 aromatic rings. The fourth-order valence-electron chi connectivity index (χ4n) is 2.45. The van der Waals surface area contributed by atoms with Crippen molar-refractivity contribution in [3.05, 3.63) is 23.3 Å². The van der Waals surface area contributed by atoms with Crippen LogP contribution in [0.4, 0.5) is 0 Å². The van der Waals surface area contributed by atoms with Crippen LogP contribution in [0.15, 0.2) is 12.1 Å². The largest absolute Gasteiger partial charge is 0.493 e. The predicted molar refractivity (Wildman–Crippen MR) is 76.1 cm³/mol. The molecular formula is C14H22ClNO2. The van der Waals surface area contributed by atoms with Crippen LogP contribution in [0.5, 0.6) is 11.5 Å². The van der Waals surface area contributed by atoms with Gasteiger partial charge >= 0.3 is 0 Å². The van der Waals surface area contributed by atoms with Gasteiger partial charge in [0.15, 0.2) is 11.5 Å². The maximum absolute atomic E-state index is 5.35. The van der Waals surface area contributed by atoms with Crippen LogP contribution in [0.3, 0.4) is 0 Å². The van der Waals surface area contributed by atoms with Crippen molar-refractivity contribution >= 4 is 12.4 Å². The predicted octanol–water partition coefficient (Wildman–Crippen LogP) is 2.89. The summed E-state index contributed by atoms with van der Waals surface area (Å²) in [6.07, 6.45) is 2.32. The molecule has 0 saturated heterocycles. The van der Waals surface area contributed by atoms with Crippen molar-refractivity contribution in [2.24, 2.45) is 0 Å². The van der Waals surface area contributed by atoms with Gasteiger partial charge in [-0.05, 0) is 42.6 Å². The van der Waals surface area contributed by atoms with Crippen LogP contribution >= 0.6 is 12.4 Å². The Labute approximate surface area is 115 Å². The maximum atomic E-state index is 5.35. The van der Waals surface area contributed by atoms with Crippen molar-refractivity contribution in [2.45, 2.75) is 26.3 Å². The molecule has 1 aromatic carbocycles. The Hall–Kier alpha value is -0.930. The first-order valence-electron chi connectivity index (χ1n) is 6.24. The van der Waals surface area contributed by atoms with Gasteiger partial charge in [0.25, 0.3) is 0 Å². The average Bonchev–Trinajstić information content (AvgIpc) is 2.37. The number of ether oxygens (including phenoxy) is 2. The molecule has 0 saturated carbocycles. The highest BCUT2D eigenvalue weighted by molar-refractivity contribution is 5.85. The van der Waals surface area contributed by atoms with Gasteiger partial charge in [0.05, 0.1) is 14.2 Å². The van der Waals surface area contributed by atoms with Crippen LogP contribution in [-0.2, 0) is 13.0 Å². The van der Waals surface area contributed by atoms with E-state index in [-0.39, 0.29) is 12.4 Å². The lowest BCUT2D eigenvalue weighted by molar-refractivity contribution is 0.253. The van der Waals surface area contributed by atoms with Gasteiger partial charge in [-0.25, -0.2) is 0 Å². The van der Waals surface area contributed by atoms with E-state index in [4.69, 9.17) is 9.47 Å². The van der Waals surface area contributed by atoms with Crippen molar-refractivity contribution in [1.29, 1.82) is 0 Å². The minimum atomic E-state index is 0. The highest BCUT2D eigenvalue weighted by Gasteiger charge is 2.18. The molecule has 0 atom stereocenters. The number of nitrogens with zero attached hydrogens (tertiary/aromatic N) is 1. The van der Waals surface area contributed by atoms with Crippen molar-refractivity contribution in [1.82, 2.24) is 4.90 Å². The number of methoxy groups -OCH3 is 2. The van der Waals surface area contributed by atoms with Crippen LogP contribution in [0.2, 0.25) is 0 Å². The molecule has 3 nitrogen and oxygen atoms in total. The van der Waals surface area contributed by atoms with Crippen LogP contribution in [-0.4, -0.2) is 32.2 Å². The molecule has 0 spiro atoms. The molecule has 2 rings (SSSR count). The van der Waals surface area contributed by atoms with Crippen molar-refractivity contribution in [2.75, 3.05) is 27.3 Å². The van der Waals surface area contributed by atoms with E-state index in [1.54, 1.807) is 14.2 Å². The number of benzene rings is 1. The number of hydrogen-bond donors (Lipinski definition) is 0. The molecule has 102 valence electrons. The molecule has 4 heteroatoms. The molecule has 0 unspecified atom stereocenters. The molecule has 0 aliphatic carbocycles. The molecule has 0 bridgehead atoms. The molecular weight excluding hydrogens is 250 g/mol. The first-order valence-corrected chi connectivity index (χ1v) is 6.24. The minimum Gasteiger partial charge on any atom is -0.493 e. The molecule has 1 aliphatic heterocycles. The van der Waals surface area contributed by atoms with Gasteiger partial charge in [0, 0.05) is 13.1 Å². The van der Waals surface area contributed by atoms with E-state index >= 15 is 0 Å². The second kappa shape index (κ2) is 6.86. The second-order valence-electron chi connectivity index (χ2n) is 4.50. The van der Waals surface area contributed by atoms with E-state index in [0.717, 1.165) is 31.0 Å². The lowest BCUT2D eigenvalue weighted by atomic mass is 9.98. The van der Waals surface area contributed by atoms with Gasteiger partial charge in [-0.15, -0.1) is 12.4 Å². The summed E-state index contributed by atoms with van der Waals surface area (Å²) in [6, 6.07) is 4.24. The molecule has 0 fully saturated rings. The van der Waals surface area contributed by atoms with E-state index in [0.29, 0.717) is 0 Å². The van der Waals surface area contributed by atoms with E-state index in [1.165, 1.54) is 24.1 Å². The highest BCUT2D eigenvalue weighted by Crippen LogP contribution is 2.33. The average molecular weight is 272 g/mol. The van der Waals surface area contributed by atoms with Crippen LogP contribution in [0, 0.1) is 0 Å². The summed E-state index contributed by atoms with van der Waals surface area (Å²) in [5.74, 6) is 1.68. The maximum Gasteiger partial charge on any atom is 0.161 e. The second-order valence-corrected chi connectivity index (χ2v) is 4.50. The fraction of sp³-hybridized carbons (Fsp3) is 0.571. The molecule has 0 aromatic heterocycles. The van der Waals surface area contributed by atoms with Gasteiger partial charge in [0.2, 0.25) is 0 Å². The number of fused-ring (bicyclic) bond motifs is 1. The molecule has 18 heavy (non-hydrogen) atoms. The van der Waals surface area contributed by atoms with E-state index in [2.05, 4.69) is 24.0 Å². The van der Waals surface area contributed by atoms with Crippen molar-refractivity contribution < 1.29 is 9.47 Å². The van der Waals surface area contributed by atoms with E-state index in [1.807, 2.05) is 0 Å². The monoisotopic (exact) mass is 271 g/mol. The lowest BCUT2D eigenvalue weighted by Gasteiger charge is -2.29. The summed E-state index contributed by atoms with van der Waals surface area (Å²) >= 11 is 0. The first kappa shape index (κ1) is 15.1. The minimum absolute atomic E-state index is 0. The summed E-state index contributed by atoms with van der Waals surface area (Å²) < 4.78 is 10.7. The fourth-order valence-corrected chi connectivity index (χ4v) is 2.45. The summed E-state index contributed by atoms with van der Waals surface area (Å²) in [7, 11) is 3.38. The quantitative estimate of drug-likeness (QED) is 0.841. The molecule has 1 heterocycles. The summed E-state index contributed by atoms with van der Waals surface area (Å²) in [5.41, 5.74) is 2.78. The van der Waals surface area contributed by atoms with Crippen molar-refractivity contribution in [3.63, 3.8) is 0 Å². The highest BCUT2D eigenvalue weighted by atomic mass is 35.5. The summed E-state index contributed by atoms with van der Waals surface area (Å²) in [4.78, 5) is 2.49. The van der Waals surface area contributed by atoms with E-state index < -0.39 is 0 Å². The van der Waals surface area contributed by atoms with Crippen LogP contribution < -0.4 is 9.47 Å². The van der Waals surface area contributed by atoms with Gasteiger partial charge in [-0.2, -0.15) is 0 Å². The number of rotatable bonds is 4. The third-order valence-electron chi connectivity index (χ3n) is 3.34. The summed E-state index contributed by atoms with van der Waals surface area (Å²) in [5, 5.41) is 0. The Morgan fingerprint density at radius 1 is 1.11 bits per heavy atom. The van der Waals surface area contributed by atoms with Gasteiger partial charge in [0.1, 0.15) is 0 Å². The zero-order valence-corrected chi connectivity index (χ0v) is 12.2. The topological polar surface area (TPSA) is 21.7 Å². The van der Waals surface area contributed by atoms with Crippen LogP contribution in [0.25, 0.3) is 0 Å². The molecule has 0 radical (unpaired) electrons. The molecule has 0 N–H and O–H groups in total. The zero-order chi connectivity index (χ0) is 12.3. The van der Waals surface area contributed by atoms with Crippen LogP contribution in [0.1, 0.15) is 24.5 Å². The molecule has 1 aliphatic rings. The Kier molecular flexibility index (Phi) is 5.76. The normalized spacial score (nSPS) is 14.6. The number of hydrogen-bond acceptors (Lipinski definition) is 3. The Morgan fingerprint density at radius 3 is 2.28 bits per heavy atom. The Bertz CT molecular complexity index is 396. The standard InChI is InChI=1S/C14H21NO2.ClH/c1-4-6-15-7-5-11-8-13(16-2)14(17-3)9-12(11)10-15;/h8-9H,4-7,10H2,1-3H3;1H. The lowest BCUT2D eigenvalue weighted by Crippen LogP contribution is -2.31. The smallest absolute Gasteiger partial charge is 0.161 e. The Morgan fingerprint density at radius 2 is 1.72 bits per heavy atom. The van der Waals surface area contributed by atoms with Gasteiger partial charge < -0.3 is 9.47 Å². The SMILES string of the molecule is CCCN1CCc2cc(OC)c(OC)cc2C1.Cl. The third kappa shape index (κ3) is 3.09. The third-order valence-corrected chi connectivity index (χ3v) is 3.34. The first-order chi connectivity index (χ1) is 8.28. The van der Waals surface area contributed by atoms with Gasteiger partial charge in [-0.1, -0.05) is 6.92 Å². The number of halogens is 1. The zero-order valence-electron chi connectivity index (χ0n) is 11.4.